The minimum Gasteiger partial charge on any atom is -0.369 e. The summed E-state index contributed by atoms with van der Waals surface area (Å²) in [6.45, 7) is 7.67. The van der Waals surface area contributed by atoms with Gasteiger partial charge < -0.3 is 19.5 Å². The average molecular weight is 334 g/mol. The molecule has 4 atom stereocenters. The lowest BCUT2D eigenvalue weighted by Crippen LogP contribution is -2.60. The minimum atomic E-state index is -3.75. The van der Waals surface area contributed by atoms with Crippen LogP contribution in [-0.2, 0) is 28.5 Å². The minimum absolute atomic E-state index is 0.0620. The van der Waals surface area contributed by atoms with E-state index in [2.05, 4.69) is 10.3 Å². The Hall–Kier alpha value is -0.740. The molecule has 126 valence electrons. The summed E-state index contributed by atoms with van der Waals surface area (Å²) < 4.78 is 46.6. The fourth-order valence-electron chi connectivity index (χ4n) is 3.15. The zero-order valence-electron chi connectivity index (χ0n) is 13.3. The van der Waals surface area contributed by atoms with Crippen LogP contribution in [0.5, 0.6) is 0 Å². The summed E-state index contributed by atoms with van der Waals surface area (Å²) in [6, 6.07) is 0.0620. The van der Waals surface area contributed by atoms with Crippen LogP contribution in [0.25, 0.3) is 0 Å². The van der Waals surface area contributed by atoms with Crippen LogP contribution in [0.3, 0.4) is 0 Å². The molecule has 1 N–H and O–H groups in total. The second-order valence-electron chi connectivity index (χ2n) is 6.62. The number of hydrogen-bond acceptors (Lipinski definition) is 8. The predicted octanol–water partition coefficient (Wildman–Crippen LogP) is -0.0121. The Balaban J connectivity index is 2.02. The molecule has 9 heteroatoms. The third-order valence-electron chi connectivity index (χ3n) is 3.76. The molecule has 0 bridgehead atoms. The van der Waals surface area contributed by atoms with E-state index in [0.29, 0.717) is 12.4 Å². The Labute approximate surface area is 130 Å². The van der Waals surface area contributed by atoms with Gasteiger partial charge >= 0.3 is 0 Å². The van der Waals surface area contributed by atoms with Gasteiger partial charge in [-0.3, -0.25) is 4.99 Å². The second-order valence-corrected chi connectivity index (χ2v) is 8.19. The van der Waals surface area contributed by atoms with Gasteiger partial charge in [-0.05, 0) is 27.7 Å². The number of fused-ring (bicyclic) bond motifs is 3. The number of nitrogens with one attached hydrogen (secondary N) is 1. The fraction of sp³-hybridized carbons (Fsp3) is 0.923. The molecule has 0 radical (unpaired) electrons. The Morgan fingerprint density at radius 1 is 1.36 bits per heavy atom. The summed E-state index contributed by atoms with van der Waals surface area (Å²) in [5, 5.41) is 3.16. The van der Waals surface area contributed by atoms with Crippen LogP contribution >= 0.6 is 0 Å². The molecule has 8 nitrogen and oxygen atoms in total. The molecule has 0 spiro atoms. The Morgan fingerprint density at radius 2 is 2.05 bits per heavy atom. The van der Waals surface area contributed by atoms with Gasteiger partial charge in [-0.2, -0.15) is 8.42 Å². The van der Waals surface area contributed by atoms with E-state index in [1.165, 1.54) is 0 Å². The molecule has 3 rings (SSSR count). The van der Waals surface area contributed by atoms with Gasteiger partial charge in [0.1, 0.15) is 11.9 Å². The van der Waals surface area contributed by atoms with E-state index in [0.717, 1.165) is 6.26 Å². The number of hydrogen-bond donors (Lipinski definition) is 1. The smallest absolute Gasteiger partial charge is 0.265 e. The van der Waals surface area contributed by atoms with Crippen LogP contribution in [0.4, 0.5) is 0 Å². The molecule has 3 aliphatic rings. The quantitative estimate of drug-likeness (QED) is 0.725. The highest BCUT2D eigenvalue weighted by Gasteiger charge is 2.70. The first-order chi connectivity index (χ1) is 10.0. The first kappa shape index (κ1) is 16.1. The molecule has 0 unspecified atom stereocenters. The van der Waals surface area contributed by atoms with E-state index in [1.807, 2.05) is 13.8 Å². The average Bonchev–Trinajstić information content (AvgIpc) is 2.85. The van der Waals surface area contributed by atoms with Gasteiger partial charge in [0.05, 0.1) is 12.8 Å². The van der Waals surface area contributed by atoms with Crippen LogP contribution in [0.15, 0.2) is 4.99 Å². The maximum absolute atomic E-state index is 11.8. The zero-order chi connectivity index (χ0) is 16.3. The Kier molecular flexibility index (Phi) is 3.57. The third-order valence-corrected chi connectivity index (χ3v) is 4.34. The molecule has 0 aliphatic carbocycles. The molecule has 0 aromatic carbocycles. The number of aliphatic imine (C=N–C) groups is 1. The molecule has 0 saturated carbocycles. The monoisotopic (exact) mass is 334 g/mol. The van der Waals surface area contributed by atoms with E-state index in [9.17, 15) is 8.42 Å². The van der Waals surface area contributed by atoms with Crippen LogP contribution in [-0.4, -0.2) is 63.0 Å². The van der Waals surface area contributed by atoms with Crippen LogP contribution in [0.2, 0.25) is 0 Å². The maximum atomic E-state index is 11.8. The van der Waals surface area contributed by atoms with Crippen molar-refractivity contribution < 1.29 is 26.8 Å². The standard InChI is InChI=1S/C13H22N2O6S/c1-7(2)15-11-13(21-22(5,16)17)8(6-14-11)18-10-9(13)19-12(3,4)20-10/h7-10H,6H2,1-5H3,(H,14,15)/t8-,9+,10-,13-/m1/s1. The highest BCUT2D eigenvalue weighted by atomic mass is 32.2. The molecule has 0 aromatic heterocycles. The Bertz CT molecular complexity index is 602. The van der Waals surface area contributed by atoms with Crippen molar-refractivity contribution in [2.24, 2.45) is 4.99 Å². The van der Waals surface area contributed by atoms with Crippen molar-refractivity contribution in [1.82, 2.24) is 5.32 Å². The van der Waals surface area contributed by atoms with Crippen molar-refractivity contribution in [3.8, 4) is 0 Å². The van der Waals surface area contributed by atoms with Crippen molar-refractivity contribution in [2.75, 3.05) is 12.8 Å². The molecule has 3 aliphatic heterocycles. The number of nitrogens with zero attached hydrogens (tertiary/aromatic N) is 1. The van der Waals surface area contributed by atoms with Crippen molar-refractivity contribution in [1.29, 1.82) is 0 Å². The van der Waals surface area contributed by atoms with E-state index < -0.39 is 40.0 Å². The largest absolute Gasteiger partial charge is 0.369 e. The number of ether oxygens (including phenoxy) is 3. The van der Waals surface area contributed by atoms with Gasteiger partial charge in [0, 0.05) is 6.04 Å². The van der Waals surface area contributed by atoms with Crippen molar-refractivity contribution >= 4 is 16.0 Å². The lowest BCUT2D eigenvalue weighted by molar-refractivity contribution is -0.215. The van der Waals surface area contributed by atoms with E-state index in [-0.39, 0.29) is 6.04 Å². The van der Waals surface area contributed by atoms with Gasteiger partial charge in [0.2, 0.25) is 5.60 Å². The summed E-state index contributed by atoms with van der Waals surface area (Å²) in [5.41, 5.74) is -1.32. The highest BCUT2D eigenvalue weighted by Crippen LogP contribution is 2.48. The normalized spacial score (nSPS) is 39.7. The maximum Gasteiger partial charge on any atom is 0.265 e. The first-order valence-electron chi connectivity index (χ1n) is 7.27. The lowest BCUT2D eigenvalue weighted by atomic mass is 9.93. The number of amidine groups is 1. The van der Waals surface area contributed by atoms with Crippen LogP contribution < -0.4 is 5.32 Å². The third kappa shape index (κ3) is 2.54. The molecule has 22 heavy (non-hydrogen) atoms. The molecular formula is C13H22N2O6S. The Morgan fingerprint density at radius 3 is 2.64 bits per heavy atom. The lowest BCUT2D eigenvalue weighted by Gasteiger charge is -2.34. The summed E-state index contributed by atoms with van der Waals surface area (Å²) in [6.07, 6.45) is -0.927. The van der Waals surface area contributed by atoms with Gasteiger partial charge in [-0.25, -0.2) is 4.18 Å². The molecule has 2 fully saturated rings. The highest BCUT2D eigenvalue weighted by molar-refractivity contribution is 7.86. The van der Waals surface area contributed by atoms with Crippen molar-refractivity contribution in [3.05, 3.63) is 0 Å². The van der Waals surface area contributed by atoms with Gasteiger partial charge in [0.15, 0.2) is 18.2 Å². The number of rotatable bonds is 3. The van der Waals surface area contributed by atoms with Crippen LogP contribution in [0.1, 0.15) is 27.7 Å². The predicted molar refractivity (Wildman–Crippen MR) is 77.9 cm³/mol. The van der Waals surface area contributed by atoms with Gasteiger partial charge in [-0.1, -0.05) is 0 Å². The van der Waals surface area contributed by atoms with E-state index in [4.69, 9.17) is 18.4 Å². The fourth-order valence-corrected chi connectivity index (χ4v) is 3.93. The molecule has 2 saturated heterocycles. The van der Waals surface area contributed by atoms with Gasteiger partial charge in [0.25, 0.3) is 10.1 Å². The van der Waals surface area contributed by atoms with Crippen LogP contribution in [0, 0.1) is 0 Å². The van der Waals surface area contributed by atoms with Gasteiger partial charge in [-0.15, -0.1) is 0 Å². The zero-order valence-corrected chi connectivity index (χ0v) is 14.1. The molecular weight excluding hydrogens is 312 g/mol. The summed E-state index contributed by atoms with van der Waals surface area (Å²) in [5.74, 6) is -0.439. The van der Waals surface area contributed by atoms with Crippen molar-refractivity contribution in [3.63, 3.8) is 0 Å². The topological polar surface area (TPSA) is 95.5 Å². The first-order valence-corrected chi connectivity index (χ1v) is 9.08. The second kappa shape index (κ2) is 4.88. The SMILES string of the molecule is CC(C)NC1=NC[C@H]2O[C@@H]3OC(C)(C)O[C@@H]3[C@@]12OS(C)(=O)=O. The summed E-state index contributed by atoms with van der Waals surface area (Å²) >= 11 is 0. The summed E-state index contributed by atoms with van der Waals surface area (Å²) in [7, 11) is -3.75. The molecule has 0 aromatic rings. The molecule has 0 amide bonds. The van der Waals surface area contributed by atoms with E-state index in [1.54, 1.807) is 13.8 Å². The van der Waals surface area contributed by atoms with E-state index >= 15 is 0 Å². The summed E-state index contributed by atoms with van der Waals surface area (Å²) in [4.78, 5) is 4.38. The van der Waals surface area contributed by atoms with Crippen molar-refractivity contribution in [2.45, 2.75) is 63.6 Å². The molecule has 3 heterocycles.